The first-order chi connectivity index (χ1) is 11.7. The Morgan fingerprint density at radius 2 is 0.960 bits per heavy atom. The first-order valence-corrected chi connectivity index (χ1v) is 9.18. The van der Waals surface area contributed by atoms with Crippen molar-refractivity contribution >= 4 is 48.9 Å². The Bertz CT molecular complexity index is 518. The van der Waals surface area contributed by atoms with Crippen LogP contribution in [-0.4, -0.2) is 48.9 Å². The second kappa shape index (κ2) is 15.8. The maximum Gasteiger partial charge on any atom is 2.00 e. The van der Waals surface area contributed by atoms with Crippen molar-refractivity contribution in [2.45, 2.75) is 65.2 Å². The summed E-state index contributed by atoms with van der Waals surface area (Å²) in [6.45, 7) is 4.34. The number of hydrogen-bond donors (Lipinski definition) is 0. The molecule has 0 amide bonds. The fraction of sp³-hybridized carbons (Fsp3) is 0.455. The summed E-state index contributed by atoms with van der Waals surface area (Å²) < 4.78 is 0. The maximum atomic E-state index is 11.2. The van der Waals surface area contributed by atoms with Gasteiger partial charge < -0.3 is 10.2 Å². The summed E-state index contributed by atoms with van der Waals surface area (Å²) in [5.41, 5.74) is 1.93. The van der Waals surface area contributed by atoms with Crippen LogP contribution < -0.4 is 10.2 Å². The normalized spacial score (nSPS) is 9.68. The van der Waals surface area contributed by atoms with Crippen molar-refractivity contribution < 1.29 is 10.2 Å². The van der Waals surface area contributed by atoms with Crippen molar-refractivity contribution in [1.29, 1.82) is 0 Å². The van der Waals surface area contributed by atoms with E-state index in [9.17, 15) is 10.2 Å². The first kappa shape index (κ1) is 24.6. The van der Waals surface area contributed by atoms with E-state index in [0.717, 1.165) is 36.8 Å². The predicted octanol–water partition coefficient (Wildman–Crippen LogP) is 4.61. The quantitative estimate of drug-likeness (QED) is 0.424. The standard InChI is InChI=1S/2C11H16O.Ba/c2*1-2-3-4-7-10-8-5-6-9-11(10)12;/h2*5-6,8-9,12H,2-4,7H2,1H3;/q;;+2/p-2. The molecule has 0 aromatic heterocycles. The number of hydrogen-bond acceptors (Lipinski definition) is 2. The van der Waals surface area contributed by atoms with Crippen LogP contribution in [0.15, 0.2) is 48.5 Å². The van der Waals surface area contributed by atoms with Crippen LogP contribution >= 0.6 is 0 Å². The molecule has 0 aliphatic rings. The van der Waals surface area contributed by atoms with Crippen LogP contribution in [0.5, 0.6) is 11.5 Å². The molecule has 2 rings (SSSR count). The van der Waals surface area contributed by atoms with Crippen molar-refractivity contribution in [3.05, 3.63) is 59.7 Å². The summed E-state index contributed by atoms with van der Waals surface area (Å²) in [6, 6.07) is 14.6. The molecule has 0 fully saturated rings. The first-order valence-electron chi connectivity index (χ1n) is 9.18. The van der Waals surface area contributed by atoms with Gasteiger partial charge in [0, 0.05) is 0 Å². The molecule has 0 radical (unpaired) electrons. The van der Waals surface area contributed by atoms with Gasteiger partial charge in [-0.15, -0.1) is 11.5 Å². The monoisotopic (exact) mass is 464 g/mol. The zero-order valence-electron chi connectivity index (χ0n) is 15.8. The van der Waals surface area contributed by atoms with Crippen molar-refractivity contribution in [2.75, 3.05) is 0 Å². The zero-order valence-corrected chi connectivity index (χ0v) is 20.2. The van der Waals surface area contributed by atoms with Crippen molar-refractivity contribution in [3.8, 4) is 11.5 Å². The molecule has 0 bridgehead atoms. The molecule has 0 spiro atoms. The molecular formula is C22H30BaO2. The smallest absolute Gasteiger partial charge is 0.872 e. The Hall–Kier alpha value is -0.389. The van der Waals surface area contributed by atoms with Gasteiger partial charge in [-0.05, 0) is 25.7 Å². The van der Waals surface area contributed by atoms with Gasteiger partial charge in [0.15, 0.2) is 0 Å². The van der Waals surface area contributed by atoms with Gasteiger partial charge in [-0.1, -0.05) is 99.2 Å². The molecule has 0 saturated carbocycles. The van der Waals surface area contributed by atoms with Gasteiger partial charge >= 0.3 is 48.9 Å². The van der Waals surface area contributed by atoms with Crippen molar-refractivity contribution in [2.24, 2.45) is 0 Å². The van der Waals surface area contributed by atoms with Crippen LogP contribution in [0, 0.1) is 0 Å². The van der Waals surface area contributed by atoms with Crippen molar-refractivity contribution in [3.63, 3.8) is 0 Å². The van der Waals surface area contributed by atoms with E-state index in [-0.39, 0.29) is 60.4 Å². The summed E-state index contributed by atoms with van der Waals surface area (Å²) >= 11 is 0. The SMILES string of the molecule is CCCCCc1ccccc1[O-].CCCCCc1ccccc1[O-].[Ba+2]. The maximum absolute atomic E-state index is 11.2. The Morgan fingerprint density at radius 1 is 0.600 bits per heavy atom. The average Bonchev–Trinajstić information content (AvgIpc) is 2.59. The van der Waals surface area contributed by atoms with E-state index in [0.29, 0.717) is 0 Å². The van der Waals surface area contributed by atoms with Crippen molar-refractivity contribution in [1.82, 2.24) is 0 Å². The molecule has 0 aliphatic heterocycles. The molecule has 0 saturated heterocycles. The van der Waals surface area contributed by atoms with Gasteiger partial charge in [0.1, 0.15) is 0 Å². The third-order valence-corrected chi connectivity index (χ3v) is 4.04. The number of rotatable bonds is 8. The Balaban J connectivity index is 0.000000443. The van der Waals surface area contributed by atoms with Crippen LogP contribution in [0.1, 0.15) is 63.5 Å². The van der Waals surface area contributed by atoms with Gasteiger partial charge in [-0.2, -0.15) is 0 Å². The summed E-state index contributed by atoms with van der Waals surface area (Å²) in [5.74, 6) is 0.377. The zero-order chi connectivity index (χ0) is 17.6. The predicted molar refractivity (Wildman–Crippen MR) is 104 cm³/mol. The van der Waals surface area contributed by atoms with E-state index < -0.39 is 0 Å². The van der Waals surface area contributed by atoms with E-state index in [1.807, 2.05) is 24.3 Å². The third-order valence-electron chi connectivity index (χ3n) is 4.04. The number of para-hydroxylation sites is 2. The minimum absolute atomic E-state index is 0. The molecule has 0 aliphatic carbocycles. The molecule has 2 aromatic carbocycles. The molecule has 0 heterocycles. The average molecular weight is 464 g/mol. The second-order valence-corrected chi connectivity index (χ2v) is 6.13. The molecule has 25 heavy (non-hydrogen) atoms. The van der Waals surface area contributed by atoms with Gasteiger partial charge in [0.05, 0.1) is 0 Å². The molecule has 3 heteroatoms. The second-order valence-electron chi connectivity index (χ2n) is 6.13. The van der Waals surface area contributed by atoms with Gasteiger partial charge in [-0.25, -0.2) is 0 Å². The molecular weight excluding hydrogens is 434 g/mol. The Kier molecular flexibility index (Phi) is 15.6. The van der Waals surface area contributed by atoms with E-state index >= 15 is 0 Å². The van der Waals surface area contributed by atoms with Crippen LogP contribution in [0.3, 0.4) is 0 Å². The fourth-order valence-electron chi connectivity index (χ4n) is 2.55. The fourth-order valence-corrected chi connectivity index (χ4v) is 2.55. The van der Waals surface area contributed by atoms with E-state index in [1.165, 1.54) is 25.7 Å². The summed E-state index contributed by atoms with van der Waals surface area (Å²) in [4.78, 5) is 0. The van der Waals surface area contributed by atoms with Crippen LogP contribution in [0.4, 0.5) is 0 Å². The molecule has 2 nitrogen and oxygen atoms in total. The topological polar surface area (TPSA) is 46.1 Å². The molecule has 0 unspecified atom stereocenters. The van der Waals surface area contributed by atoms with E-state index in [4.69, 9.17) is 0 Å². The number of unbranched alkanes of at least 4 members (excludes halogenated alkanes) is 4. The van der Waals surface area contributed by atoms with Crippen LogP contribution in [-0.2, 0) is 12.8 Å². The minimum Gasteiger partial charge on any atom is -0.872 e. The van der Waals surface area contributed by atoms with Gasteiger partial charge in [0.25, 0.3) is 0 Å². The summed E-state index contributed by atoms with van der Waals surface area (Å²) in [6.07, 6.45) is 9.00. The molecule has 0 N–H and O–H groups in total. The molecule has 132 valence electrons. The number of benzene rings is 2. The Labute approximate surface area is 193 Å². The third kappa shape index (κ3) is 11.0. The minimum atomic E-state index is 0. The largest absolute Gasteiger partial charge is 2.00 e. The summed E-state index contributed by atoms with van der Waals surface area (Å²) in [5, 5.41) is 22.4. The number of aryl methyl sites for hydroxylation is 2. The van der Waals surface area contributed by atoms with Crippen LogP contribution in [0.2, 0.25) is 0 Å². The van der Waals surface area contributed by atoms with Gasteiger partial charge in [0.2, 0.25) is 0 Å². The van der Waals surface area contributed by atoms with Gasteiger partial charge in [-0.3, -0.25) is 0 Å². The summed E-state index contributed by atoms with van der Waals surface area (Å²) in [7, 11) is 0. The molecule has 0 atom stereocenters. The molecule has 2 aromatic rings. The van der Waals surface area contributed by atoms with E-state index in [2.05, 4.69) is 13.8 Å². The van der Waals surface area contributed by atoms with Crippen LogP contribution in [0.25, 0.3) is 0 Å². The van der Waals surface area contributed by atoms with E-state index in [1.54, 1.807) is 24.3 Å². The Morgan fingerprint density at radius 3 is 1.28 bits per heavy atom.